The van der Waals surface area contributed by atoms with E-state index >= 15 is 0 Å². The summed E-state index contributed by atoms with van der Waals surface area (Å²) >= 11 is 0. The highest BCUT2D eigenvalue weighted by molar-refractivity contribution is 5.73. The van der Waals surface area contributed by atoms with Crippen molar-refractivity contribution in [2.75, 3.05) is 0 Å². The van der Waals surface area contributed by atoms with E-state index in [4.69, 9.17) is 4.74 Å². The Morgan fingerprint density at radius 2 is 1.03 bits per heavy atom. The Bertz CT molecular complexity index is 562. The van der Waals surface area contributed by atoms with Crippen molar-refractivity contribution >= 4 is 5.97 Å². The third kappa shape index (κ3) is 12.6. The lowest BCUT2D eigenvalue weighted by Gasteiger charge is -2.07. The summed E-state index contributed by atoms with van der Waals surface area (Å²) in [6.45, 7) is 2.26. The van der Waals surface area contributed by atoms with Gasteiger partial charge in [0.15, 0.2) is 11.5 Å². The molecule has 1 rings (SSSR count). The third-order valence-electron chi connectivity index (χ3n) is 5.51. The van der Waals surface area contributed by atoms with E-state index in [2.05, 4.69) is 6.92 Å². The van der Waals surface area contributed by atoms with Gasteiger partial charge >= 0.3 is 5.97 Å². The molecule has 0 aliphatic heterocycles. The summed E-state index contributed by atoms with van der Waals surface area (Å²) in [5, 5.41) is 28.1. The quantitative estimate of drug-likeness (QED) is 0.0995. The van der Waals surface area contributed by atoms with Crippen LogP contribution in [0, 0.1) is 0 Å². The molecule has 0 amide bonds. The number of benzene rings is 1. The molecule has 30 heavy (non-hydrogen) atoms. The molecule has 3 N–H and O–H groups in total. The van der Waals surface area contributed by atoms with E-state index in [1.165, 1.54) is 83.5 Å². The number of esters is 1. The van der Waals surface area contributed by atoms with E-state index in [-0.39, 0.29) is 5.75 Å². The normalized spacial score (nSPS) is 11.0. The van der Waals surface area contributed by atoms with Gasteiger partial charge in [-0.3, -0.25) is 4.79 Å². The Labute approximate surface area is 182 Å². The van der Waals surface area contributed by atoms with E-state index in [1.54, 1.807) is 0 Å². The number of phenolic OH excluding ortho intramolecular Hbond substituents is 3. The maximum Gasteiger partial charge on any atom is 0.311 e. The zero-order valence-electron chi connectivity index (χ0n) is 18.8. The van der Waals surface area contributed by atoms with Gasteiger partial charge in [-0.15, -0.1) is 0 Å². The number of rotatable bonds is 18. The molecule has 1 aromatic rings. The largest absolute Gasteiger partial charge is 0.504 e. The molecular formula is C25H42O5. The monoisotopic (exact) mass is 422 g/mol. The molecule has 0 aromatic heterocycles. The maximum atomic E-state index is 11.8. The SMILES string of the molecule is CCCCCCCCCCCCCCCCCCC(=O)Oc1cc(O)c(O)c(O)c1. The van der Waals surface area contributed by atoms with Crippen LogP contribution in [-0.4, -0.2) is 21.3 Å². The summed E-state index contributed by atoms with van der Waals surface area (Å²) in [6.07, 6.45) is 20.8. The van der Waals surface area contributed by atoms with Gasteiger partial charge in [0.1, 0.15) is 5.75 Å². The van der Waals surface area contributed by atoms with Crippen LogP contribution in [0.3, 0.4) is 0 Å². The van der Waals surface area contributed by atoms with Crippen molar-refractivity contribution in [3.63, 3.8) is 0 Å². The molecule has 5 heteroatoms. The van der Waals surface area contributed by atoms with Crippen molar-refractivity contribution in [3.8, 4) is 23.0 Å². The number of hydrogen-bond acceptors (Lipinski definition) is 5. The standard InChI is InChI=1S/C25H42O5/c1-2-3-4-5-6-7-8-9-10-11-12-13-14-15-16-17-18-24(28)30-21-19-22(26)25(29)23(27)20-21/h19-20,26-27,29H,2-18H2,1H3. The number of aromatic hydroxyl groups is 3. The molecule has 0 aliphatic rings. The molecule has 0 radical (unpaired) electrons. The lowest BCUT2D eigenvalue weighted by molar-refractivity contribution is -0.134. The summed E-state index contributed by atoms with van der Waals surface area (Å²) in [5.74, 6) is -2.01. The van der Waals surface area contributed by atoms with Crippen LogP contribution in [0.2, 0.25) is 0 Å². The van der Waals surface area contributed by atoms with Gasteiger partial charge in [-0.1, -0.05) is 103 Å². The summed E-state index contributed by atoms with van der Waals surface area (Å²) in [5.41, 5.74) is 0. The first-order valence-electron chi connectivity index (χ1n) is 12.0. The maximum absolute atomic E-state index is 11.8. The molecule has 5 nitrogen and oxygen atoms in total. The lowest BCUT2D eigenvalue weighted by atomic mass is 10.0. The van der Waals surface area contributed by atoms with Crippen LogP contribution in [-0.2, 0) is 4.79 Å². The molecule has 172 valence electrons. The van der Waals surface area contributed by atoms with E-state index in [1.807, 2.05) is 0 Å². The zero-order chi connectivity index (χ0) is 22.0. The highest BCUT2D eigenvalue weighted by atomic mass is 16.5. The zero-order valence-corrected chi connectivity index (χ0v) is 18.8. The van der Waals surface area contributed by atoms with Crippen molar-refractivity contribution in [2.45, 2.75) is 116 Å². The molecule has 0 saturated heterocycles. The molecule has 0 bridgehead atoms. The summed E-state index contributed by atoms with van der Waals surface area (Å²) in [4.78, 5) is 11.8. The number of unbranched alkanes of at least 4 members (excludes halogenated alkanes) is 15. The van der Waals surface area contributed by atoms with Crippen LogP contribution < -0.4 is 4.74 Å². The van der Waals surface area contributed by atoms with E-state index < -0.39 is 23.2 Å². The van der Waals surface area contributed by atoms with E-state index in [0.717, 1.165) is 31.4 Å². The first-order chi connectivity index (χ1) is 14.5. The molecule has 1 aromatic carbocycles. The Hall–Kier alpha value is -1.91. The molecule has 0 heterocycles. The molecule has 0 unspecified atom stereocenters. The molecule has 0 spiro atoms. The predicted molar refractivity (Wildman–Crippen MR) is 121 cm³/mol. The fourth-order valence-electron chi connectivity index (χ4n) is 3.64. The molecule has 0 aliphatic carbocycles. The lowest BCUT2D eigenvalue weighted by Crippen LogP contribution is -2.07. The highest BCUT2D eigenvalue weighted by Crippen LogP contribution is 2.38. The van der Waals surface area contributed by atoms with Crippen molar-refractivity contribution in [1.82, 2.24) is 0 Å². The Balaban J connectivity index is 1.89. The first-order valence-corrected chi connectivity index (χ1v) is 12.0. The van der Waals surface area contributed by atoms with Crippen molar-refractivity contribution < 1.29 is 24.9 Å². The van der Waals surface area contributed by atoms with Gasteiger partial charge < -0.3 is 20.1 Å². The Morgan fingerprint density at radius 3 is 1.43 bits per heavy atom. The van der Waals surface area contributed by atoms with Crippen LogP contribution >= 0.6 is 0 Å². The van der Waals surface area contributed by atoms with Crippen LogP contribution in [0.25, 0.3) is 0 Å². The van der Waals surface area contributed by atoms with E-state index in [9.17, 15) is 20.1 Å². The predicted octanol–water partition coefficient (Wildman–Crippen LogP) is 7.36. The number of phenols is 3. The summed E-state index contributed by atoms with van der Waals surface area (Å²) in [7, 11) is 0. The number of hydrogen-bond donors (Lipinski definition) is 3. The summed E-state index contributed by atoms with van der Waals surface area (Å²) < 4.78 is 5.09. The first kappa shape index (κ1) is 26.1. The Kier molecular flexibility index (Phi) is 14.7. The average molecular weight is 423 g/mol. The van der Waals surface area contributed by atoms with Gasteiger partial charge in [0, 0.05) is 18.6 Å². The number of ether oxygens (including phenoxy) is 1. The number of carbonyl (C=O) groups is 1. The summed E-state index contributed by atoms with van der Waals surface area (Å²) in [6, 6.07) is 2.22. The minimum Gasteiger partial charge on any atom is -0.504 e. The van der Waals surface area contributed by atoms with Crippen molar-refractivity contribution in [2.24, 2.45) is 0 Å². The van der Waals surface area contributed by atoms with Crippen LogP contribution in [0.5, 0.6) is 23.0 Å². The van der Waals surface area contributed by atoms with Crippen molar-refractivity contribution in [3.05, 3.63) is 12.1 Å². The van der Waals surface area contributed by atoms with Gasteiger partial charge in [-0.05, 0) is 6.42 Å². The van der Waals surface area contributed by atoms with Crippen molar-refractivity contribution in [1.29, 1.82) is 0 Å². The Morgan fingerprint density at radius 1 is 0.667 bits per heavy atom. The number of carbonyl (C=O) groups excluding carboxylic acids is 1. The average Bonchev–Trinajstić information content (AvgIpc) is 2.71. The van der Waals surface area contributed by atoms with Crippen LogP contribution in [0.15, 0.2) is 12.1 Å². The van der Waals surface area contributed by atoms with Gasteiger partial charge in [0.2, 0.25) is 5.75 Å². The smallest absolute Gasteiger partial charge is 0.311 e. The molecular weight excluding hydrogens is 380 g/mol. The highest BCUT2D eigenvalue weighted by Gasteiger charge is 2.11. The van der Waals surface area contributed by atoms with Gasteiger partial charge in [-0.2, -0.15) is 0 Å². The minimum absolute atomic E-state index is 0.0318. The van der Waals surface area contributed by atoms with Gasteiger partial charge in [0.05, 0.1) is 0 Å². The fourth-order valence-corrected chi connectivity index (χ4v) is 3.64. The second-order valence-electron chi connectivity index (χ2n) is 8.34. The fraction of sp³-hybridized carbons (Fsp3) is 0.720. The third-order valence-corrected chi connectivity index (χ3v) is 5.51. The van der Waals surface area contributed by atoms with E-state index in [0.29, 0.717) is 6.42 Å². The second-order valence-corrected chi connectivity index (χ2v) is 8.34. The topological polar surface area (TPSA) is 87.0 Å². The molecule has 0 atom stereocenters. The second kappa shape index (κ2) is 16.8. The minimum atomic E-state index is -0.618. The van der Waals surface area contributed by atoms with Gasteiger partial charge in [-0.25, -0.2) is 0 Å². The van der Waals surface area contributed by atoms with Crippen LogP contribution in [0.1, 0.15) is 116 Å². The molecule has 0 fully saturated rings. The van der Waals surface area contributed by atoms with Crippen LogP contribution in [0.4, 0.5) is 0 Å². The molecule has 0 saturated carbocycles. The van der Waals surface area contributed by atoms with Gasteiger partial charge in [0.25, 0.3) is 0 Å².